The van der Waals surface area contributed by atoms with E-state index in [1.807, 2.05) is 0 Å². The van der Waals surface area contributed by atoms with Gasteiger partial charge in [0.05, 0.1) is 0 Å². The molecule has 0 bridgehead atoms. The number of hydrogen-bond donors (Lipinski definition) is 5. The van der Waals surface area contributed by atoms with Crippen molar-refractivity contribution in [3.63, 3.8) is 0 Å². The summed E-state index contributed by atoms with van der Waals surface area (Å²) in [6.45, 7) is 10.7. The average molecular weight is 337 g/mol. The molecule has 0 radical (unpaired) electrons. The van der Waals surface area contributed by atoms with Crippen molar-refractivity contribution in [2.75, 3.05) is 13.1 Å². The molecule has 0 aliphatic heterocycles. The maximum atomic E-state index is 9.00. The van der Waals surface area contributed by atoms with E-state index in [1.54, 1.807) is 0 Å². The van der Waals surface area contributed by atoms with Crippen LogP contribution in [0.25, 0.3) is 0 Å². The van der Waals surface area contributed by atoms with Crippen molar-refractivity contribution in [2.24, 2.45) is 0 Å². The number of hydrogen-bond acceptors (Lipinski definition) is 5. The van der Waals surface area contributed by atoms with Crippen LogP contribution >= 0.6 is 0 Å². The number of nitrogens with one attached hydrogen (secondary N) is 1. The molecule has 0 aromatic carbocycles. The second-order valence-electron chi connectivity index (χ2n) is 3.03. The van der Waals surface area contributed by atoms with Crippen molar-refractivity contribution in [1.29, 1.82) is 0 Å². The summed E-state index contributed by atoms with van der Waals surface area (Å²) in [5.41, 5.74) is 0. The van der Waals surface area contributed by atoms with E-state index in [2.05, 4.69) is 19.2 Å². The van der Waals surface area contributed by atoms with Gasteiger partial charge in [0.1, 0.15) is 0 Å². The van der Waals surface area contributed by atoms with E-state index in [-0.39, 0.29) is 29.6 Å². The van der Waals surface area contributed by atoms with Gasteiger partial charge in [-0.3, -0.25) is 19.2 Å². The molecule has 5 N–H and O–H groups in total. The summed E-state index contributed by atoms with van der Waals surface area (Å²) in [5, 5.41) is 32.8. The molecule has 0 saturated heterocycles. The minimum atomic E-state index is -0.833. The quantitative estimate of drug-likeness (QED) is 0.447. The predicted octanol–water partition coefficient (Wildman–Crippen LogP) is 0.331. The second kappa shape index (κ2) is 36.8. The number of carboxylic acid groups (broad SMARTS) is 4. The zero-order valence-corrected chi connectivity index (χ0v) is 13.3. The van der Waals surface area contributed by atoms with Crippen LogP contribution in [0.2, 0.25) is 0 Å². The summed E-state index contributed by atoms with van der Waals surface area (Å²) in [5.74, 6) is -3.33. The van der Waals surface area contributed by atoms with Gasteiger partial charge < -0.3 is 25.7 Å². The van der Waals surface area contributed by atoms with E-state index < -0.39 is 23.9 Å². The third-order valence-electron chi connectivity index (χ3n) is 0.500. The third kappa shape index (κ3) is 8500. The van der Waals surface area contributed by atoms with Crippen LogP contribution in [0.15, 0.2) is 0 Å². The predicted molar refractivity (Wildman–Crippen MR) is 84.6 cm³/mol. The minimum absolute atomic E-state index is 0. The molecule has 0 aliphatic rings. The molecule has 10 heteroatoms. The van der Waals surface area contributed by atoms with Crippen molar-refractivity contribution in [2.45, 2.75) is 41.5 Å². The Hall–Kier alpha value is -1.16. The molecule has 130 valence electrons. The van der Waals surface area contributed by atoms with Gasteiger partial charge in [-0.15, -0.1) is 0 Å². The summed E-state index contributed by atoms with van der Waals surface area (Å²) < 4.78 is 0. The van der Waals surface area contributed by atoms with Crippen molar-refractivity contribution in [3.05, 3.63) is 0 Å². The van der Waals surface area contributed by atoms with Crippen LogP contribution in [0.4, 0.5) is 0 Å². The standard InChI is InChI=1S/C4H11N.4C2H4O2.Na.H/c1-3-5-4-2;4*1-2(3)4;;/h5H,3-4H2,1-2H3;4*1H3,(H,3,4);;. The Kier molecular flexibility index (Phi) is 62.2. The molecule has 0 saturated carbocycles. The molecule has 0 unspecified atom stereocenters. The normalized spacial score (nSPS) is 6.45. The van der Waals surface area contributed by atoms with Crippen LogP contribution in [0.3, 0.4) is 0 Å². The van der Waals surface area contributed by atoms with Crippen molar-refractivity contribution in [3.8, 4) is 0 Å². The van der Waals surface area contributed by atoms with Gasteiger partial charge in [-0.05, 0) is 13.1 Å². The van der Waals surface area contributed by atoms with Gasteiger partial charge >= 0.3 is 29.6 Å². The fourth-order valence-electron chi connectivity index (χ4n) is 0.250. The summed E-state index contributed by atoms with van der Waals surface area (Å²) in [6, 6.07) is 0. The van der Waals surface area contributed by atoms with Crippen LogP contribution < -0.4 is 5.32 Å². The number of aliphatic carboxylic acids is 4. The fraction of sp³-hybridized carbons (Fsp3) is 0.667. The molecular weight excluding hydrogens is 309 g/mol. The Balaban J connectivity index is -0.0000000361. The molecule has 0 aromatic rings. The molecule has 0 amide bonds. The van der Waals surface area contributed by atoms with Gasteiger partial charge in [-0.2, -0.15) is 0 Å². The zero-order chi connectivity index (χ0) is 18.4. The molecule has 0 rings (SSSR count). The van der Waals surface area contributed by atoms with Gasteiger partial charge in [-0.1, -0.05) is 13.8 Å². The van der Waals surface area contributed by atoms with E-state index in [0.717, 1.165) is 40.8 Å². The van der Waals surface area contributed by atoms with Crippen LogP contribution in [-0.4, -0.2) is 87.0 Å². The van der Waals surface area contributed by atoms with Crippen molar-refractivity contribution in [1.82, 2.24) is 5.32 Å². The van der Waals surface area contributed by atoms with E-state index in [1.165, 1.54) is 0 Å². The fourth-order valence-corrected chi connectivity index (χ4v) is 0.250. The summed E-state index contributed by atoms with van der Waals surface area (Å²) in [7, 11) is 0. The summed E-state index contributed by atoms with van der Waals surface area (Å²) in [6.07, 6.45) is 0. The molecule has 0 spiro atoms. The first kappa shape index (κ1) is 37.2. The SMILES string of the molecule is CC(=O)O.CC(=O)O.CC(=O)O.CC(=O)O.CCNCC.[NaH]. The van der Waals surface area contributed by atoms with Gasteiger partial charge in [0.25, 0.3) is 23.9 Å². The Morgan fingerprint density at radius 1 is 0.636 bits per heavy atom. The van der Waals surface area contributed by atoms with Gasteiger partial charge in [-0.25, -0.2) is 0 Å². The molecule has 0 aliphatic carbocycles. The molecule has 0 heterocycles. The molecule has 0 aromatic heterocycles. The van der Waals surface area contributed by atoms with Crippen molar-refractivity contribution >= 4 is 53.4 Å². The van der Waals surface area contributed by atoms with E-state index in [4.69, 9.17) is 39.6 Å². The van der Waals surface area contributed by atoms with Crippen LogP contribution in [-0.2, 0) is 19.2 Å². The molecular formula is C12H28NNaO8. The van der Waals surface area contributed by atoms with Gasteiger partial charge in [0.2, 0.25) is 0 Å². The number of carboxylic acids is 4. The van der Waals surface area contributed by atoms with Crippen molar-refractivity contribution < 1.29 is 39.6 Å². The Morgan fingerprint density at radius 2 is 0.727 bits per heavy atom. The molecule has 22 heavy (non-hydrogen) atoms. The maximum absolute atomic E-state index is 9.00. The summed E-state index contributed by atoms with van der Waals surface area (Å²) in [4.78, 5) is 36.0. The topological polar surface area (TPSA) is 161 Å². The Bertz CT molecular complexity index is 206. The van der Waals surface area contributed by atoms with Crippen LogP contribution in [0.5, 0.6) is 0 Å². The first-order valence-corrected chi connectivity index (χ1v) is 5.83. The summed E-state index contributed by atoms with van der Waals surface area (Å²) >= 11 is 0. The number of rotatable bonds is 2. The van der Waals surface area contributed by atoms with E-state index in [0.29, 0.717) is 0 Å². The first-order chi connectivity index (χ1) is 9.34. The monoisotopic (exact) mass is 337 g/mol. The zero-order valence-electron chi connectivity index (χ0n) is 13.3. The average Bonchev–Trinajstić information content (AvgIpc) is 2.14. The second-order valence-corrected chi connectivity index (χ2v) is 3.03. The number of carbonyl (C=O) groups is 4. The first-order valence-electron chi connectivity index (χ1n) is 5.83. The Labute approximate surface area is 153 Å². The van der Waals surface area contributed by atoms with E-state index in [9.17, 15) is 0 Å². The van der Waals surface area contributed by atoms with E-state index >= 15 is 0 Å². The molecule has 0 fully saturated rings. The van der Waals surface area contributed by atoms with Gasteiger partial charge in [0.15, 0.2) is 0 Å². The molecule has 9 nitrogen and oxygen atoms in total. The Morgan fingerprint density at radius 3 is 0.727 bits per heavy atom. The van der Waals surface area contributed by atoms with Crippen LogP contribution in [0, 0.1) is 0 Å². The third-order valence-corrected chi connectivity index (χ3v) is 0.500. The molecule has 0 atom stereocenters. The van der Waals surface area contributed by atoms with Crippen LogP contribution in [0.1, 0.15) is 41.5 Å². The van der Waals surface area contributed by atoms with Gasteiger partial charge in [0, 0.05) is 27.7 Å².